The van der Waals surface area contributed by atoms with Gasteiger partial charge in [-0.25, -0.2) is 0 Å². The van der Waals surface area contributed by atoms with Gasteiger partial charge in [0, 0.05) is 13.2 Å². The summed E-state index contributed by atoms with van der Waals surface area (Å²) in [7, 11) is 0. The van der Waals surface area contributed by atoms with E-state index in [0.29, 0.717) is 6.10 Å². The lowest BCUT2D eigenvalue weighted by molar-refractivity contribution is -0.130. The van der Waals surface area contributed by atoms with Crippen LogP contribution in [-0.2, 0) is 9.53 Å². The number of nitrogens with one attached hydrogen (secondary N) is 1. The number of nitrogens with zero attached hydrogens (tertiary/aromatic N) is 1. The van der Waals surface area contributed by atoms with Gasteiger partial charge in [-0.1, -0.05) is 0 Å². The molecular formula is C12H22N2O2. The summed E-state index contributed by atoms with van der Waals surface area (Å²) < 4.78 is 5.68. The maximum absolute atomic E-state index is 11.8. The monoisotopic (exact) mass is 226 g/mol. The molecule has 2 heterocycles. The van der Waals surface area contributed by atoms with Gasteiger partial charge in [0.1, 0.15) is 0 Å². The van der Waals surface area contributed by atoms with E-state index in [0.717, 1.165) is 26.0 Å². The summed E-state index contributed by atoms with van der Waals surface area (Å²) in [6.07, 6.45) is 5.12. The first kappa shape index (κ1) is 11.9. The van der Waals surface area contributed by atoms with Gasteiger partial charge in [-0.05, 0) is 39.5 Å². The molecule has 2 saturated heterocycles. The lowest BCUT2D eigenvalue weighted by Gasteiger charge is -2.26. The third kappa shape index (κ3) is 2.55. The van der Waals surface area contributed by atoms with Crippen LogP contribution in [0.15, 0.2) is 0 Å². The normalized spacial score (nSPS) is 35.8. The highest BCUT2D eigenvalue weighted by Crippen LogP contribution is 2.18. The van der Waals surface area contributed by atoms with Crippen molar-refractivity contribution in [1.29, 1.82) is 0 Å². The molecule has 1 amide bonds. The topological polar surface area (TPSA) is 41.6 Å². The van der Waals surface area contributed by atoms with Gasteiger partial charge >= 0.3 is 0 Å². The smallest absolute Gasteiger partial charge is 0.240 e. The summed E-state index contributed by atoms with van der Waals surface area (Å²) in [5, 5.41) is 3.24. The molecule has 0 aliphatic carbocycles. The van der Waals surface area contributed by atoms with Crippen LogP contribution in [0.5, 0.6) is 0 Å². The summed E-state index contributed by atoms with van der Waals surface area (Å²) in [5.74, 6) is 0.225. The molecule has 4 nitrogen and oxygen atoms in total. The summed E-state index contributed by atoms with van der Waals surface area (Å²) in [6, 6.07) is -0.0257. The van der Waals surface area contributed by atoms with Crippen molar-refractivity contribution in [3.8, 4) is 0 Å². The first-order chi connectivity index (χ1) is 7.68. The first-order valence-corrected chi connectivity index (χ1v) is 6.36. The zero-order valence-corrected chi connectivity index (χ0v) is 10.2. The number of hydrogen-bond acceptors (Lipinski definition) is 3. The summed E-state index contributed by atoms with van der Waals surface area (Å²) in [4.78, 5) is 13.7. The van der Waals surface area contributed by atoms with E-state index in [2.05, 4.69) is 5.32 Å². The Morgan fingerprint density at radius 3 is 2.81 bits per heavy atom. The molecule has 2 rings (SSSR count). The van der Waals surface area contributed by atoms with E-state index in [-0.39, 0.29) is 18.1 Å². The zero-order valence-electron chi connectivity index (χ0n) is 10.2. The van der Waals surface area contributed by atoms with Gasteiger partial charge < -0.3 is 9.64 Å². The third-order valence-electron chi connectivity index (χ3n) is 3.58. The molecule has 2 aliphatic rings. The second-order valence-electron chi connectivity index (χ2n) is 4.87. The number of carbonyl (C=O) groups excluding carboxylic acids is 1. The SMILES string of the molecule is CC1NC(C)N(CCC2CCCCO2)C1=O. The van der Waals surface area contributed by atoms with E-state index in [4.69, 9.17) is 4.74 Å². The van der Waals surface area contributed by atoms with Gasteiger partial charge in [0.15, 0.2) is 0 Å². The lowest BCUT2D eigenvalue weighted by atomic mass is 10.1. The number of hydrogen-bond donors (Lipinski definition) is 1. The van der Waals surface area contributed by atoms with Gasteiger partial charge in [-0.15, -0.1) is 0 Å². The van der Waals surface area contributed by atoms with Gasteiger partial charge in [-0.3, -0.25) is 10.1 Å². The predicted molar refractivity (Wildman–Crippen MR) is 62.0 cm³/mol. The second-order valence-corrected chi connectivity index (χ2v) is 4.87. The summed E-state index contributed by atoms with van der Waals surface area (Å²) in [5.41, 5.74) is 0. The largest absolute Gasteiger partial charge is 0.378 e. The number of rotatable bonds is 3. The fourth-order valence-corrected chi connectivity index (χ4v) is 2.58. The maximum Gasteiger partial charge on any atom is 0.240 e. The van der Waals surface area contributed by atoms with Crippen molar-refractivity contribution in [2.75, 3.05) is 13.2 Å². The van der Waals surface area contributed by atoms with Crippen molar-refractivity contribution < 1.29 is 9.53 Å². The fourth-order valence-electron chi connectivity index (χ4n) is 2.58. The Morgan fingerprint density at radius 2 is 2.25 bits per heavy atom. The van der Waals surface area contributed by atoms with Crippen LogP contribution >= 0.6 is 0 Å². The molecule has 0 saturated carbocycles. The molecule has 2 fully saturated rings. The predicted octanol–water partition coefficient (Wildman–Crippen LogP) is 1.11. The van der Waals surface area contributed by atoms with Crippen LogP contribution < -0.4 is 5.32 Å². The number of amides is 1. The Bertz CT molecular complexity index is 251. The minimum absolute atomic E-state index is 0.0257. The van der Waals surface area contributed by atoms with Crippen molar-refractivity contribution in [3.05, 3.63) is 0 Å². The minimum Gasteiger partial charge on any atom is -0.378 e. The molecule has 92 valence electrons. The second kappa shape index (κ2) is 5.15. The van der Waals surface area contributed by atoms with E-state index < -0.39 is 0 Å². The van der Waals surface area contributed by atoms with E-state index in [9.17, 15) is 4.79 Å². The first-order valence-electron chi connectivity index (χ1n) is 6.36. The maximum atomic E-state index is 11.8. The highest BCUT2D eigenvalue weighted by atomic mass is 16.5. The molecule has 3 unspecified atom stereocenters. The molecule has 16 heavy (non-hydrogen) atoms. The molecule has 3 atom stereocenters. The van der Waals surface area contributed by atoms with Crippen LogP contribution in [0.4, 0.5) is 0 Å². The average molecular weight is 226 g/mol. The Kier molecular flexibility index (Phi) is 3.82. The standard InChI is InChI=1S/C12H22N2O2/c1-9-12(15)14(10(2)13-9)7-6-11-5-3-4-8-16-11/h9-11,13H,3-8H2,1-2H3. The fraction of sp³-hybridized carbons (Fsp3) is 0.917. The van der Waals surface area contributed by atoms with Crippen LogP contribution in [0.3, 0.4) is 0 Å². The van der Waals surface area contributed by atoms with Crippen molar-refractivity contribution in [2.24, 2.45) is 0 Å². The number of carbonyl (C=O) groups is 1. The minimum atomic E-state index is -0.0257. The highest BCUT2D eigenvalue weighted by Gasteiger charge is 2.33. The Balaban J connectivity index is 1.78. The van der Waals surface area contributed by atoms with Crippen LogP contribution in [0.2, 0.25) is 0 Å². The Hall–Kier alpha value is -0.610. The number of ether oxygens (including phenoxy) is 1. The van der Waals surface area contributed by atoms with E-state index in [1.807, 2.05) is 18.7 Å². The third-order valence-corrected chi connectivity index (χ3v) is 3.58. The van der Waals surface area contributed by atoms with Crippen molar-refractivity contribution in [2.45, 2.75) is 57.8 Å². The van der Waals surface area contributed by atoms with Gasteiger partial charge in [-0.2, -0.15) is 0 Å². The van der Waals surface area contributed by atoms with Crippen LogP contribution in [0.1, 0.15) is 39.5 Å². The van der Waals surface area contributed by atoms with Crippen LogP contribution in [-0.4, -0.2) is 42.3 Å². The zero-order chi connectivity index (χ0) is 11.5. The average Bonchev–Trinajstić information content (AvgIpc) is 2.53. The van der Waals surface area contributed by atoms with Crippen molar-refractivity contribution in [1.82, 2.24) is 10.2 Å². The van der Waals surface area contributed by atoms with Crippen LogP contribution in [0.25, 0.3) is 0 Å². The lowest BCUT2D eigenvalue weighted by Crippen LogP contribution is -2.37. The molecule has 0 bridgehead atoms. The Labute approximate surface area is 97.3 Å². The van der Waals surface area contributed by atoms with Gasteiger partial charge in [0.25, 0.3) is 0 Å². The van der Waals surface area contributed by atoms with Crippen molar-refractivity contribution >= 4 is 5.91 Å². The molecular weight excluding hydrogens is 204 g/mol. The molecule has 0 aromatic rings. The van der Waals surface area contributed by atoms with Crippen molar-refractivity contribution in [3.63, 3.8) is 0 Å². The Morgan fingerprint density at radius 1 is 1.44 bits per heavy atom. The molecule has 0 aromatic heterocycles. The quantitative estimate of drug-likeness (QED) is 0.784. The van der Waals surface area contributed by atoms with E-state index in [1.54, 1.807) is 0 Å². The molecule has 0 spiro atoms. The summed E-state index contributed by atoms with van der Waals surface area (Å²) in [6.45, 7) is 5.68. The molecule has 0 radical (unpaired) electrons. The highest BCUT2D eigenvalue weighted by molar-refractivity contribution is 5.83. The van der Waals surface area contributed by atoms with E-state index in [1.165, 1.54) is 12.8 Å². The molecule has 0 aromatic carbocycles. The van der Waals surface area contributed by atoms with Crippen LogP contribution in [0, 0.1) is 0 Å². The van der Waals surface area contributed by atoms with Gasteiger partial charge in [0.2, 0.25) is 5.91 Å². The molecule has 2 aliphatic heterocycles. The summed E-state index contributed by atoms with van der Waals surface area (Å²) >= 11 is 0. The van der Waals surface area contributed by atoms with Gasteiger partial charge in [0.05, 0.1) is 18.3 Å². The van der Waals surface area contributed by atoms with E-state index >= 15 is 0 Å². The molecule has 1 N–H and O–H groups in total. The molecule has 4 heteroatoms.